The van der Waals surface area contributed by atoms with Gasteiger partial charge in [-0.15, -0.1) is 0 Å². The van der Waals surface area contributed by atoms with E-state index in [1.807, 2.05) is 12.1 Å². The molecule has 1 amide bonds. The van der Waals surface area contributed by atoms with Crippen LogP contribution in [0.3, 0.4) is 0 Å². The van der Waals surface area contributed by atoms with Gasteiger partial charge >= 0.3 is 0 Å². The summed E-state index contributed by atoms with van der Waals surface area (Å²) in [4.78, 5) is 12.6. The second-order valence-electron chi connectivity index (χ2n) is 6.62. The maximum absolute atomic E-state index is 12.6. The number of fused-ring (bicyclic) bond motifs is 1. The fraction of sp³-hybridized carbons (Fsp3) is 0.421. The van der Waals surface area contributed by atoms with Gasteiger partial charge in [-0.1, -0.05) is 6.07 Å². The molecule has 6 nitrogen and oxygen atoms in total. The Hall–Kier alpha value is -2.47. The van der Waals surface area contributed by atoms with Gasteiger partial charge in [-0.25, -0.2) is 0 Å². The highest BCUT2D eigenvalue weighted by Crippen LogP contribution is 2.40. The van der Waals surface area contributed by atoms with Crippen LogP contribution in [0.1, 0.15) is 40.6 Å². The van der Waals surface area contributed by atoms with Crippen LogP contribution in [0.2, 0.25) is 0 Å². The quantitative estimate of drug-likeness (QED) is 0.872. The summed E-state index contributed by atoms with van der Waals surface area (Å²) in [6.07, 6.45) is 1.96. The molecule has 1 aliphatic carbocycles. The minimum Gasteiger partial charge on any atom is -0.493 e. The molecule has 132 valence electrons. The zero-order valence-electron chi connectivity index (χ0n) is 14.0. The number of hydrogen-bond acceptors (Lipinski definition) is 5. The van der Waals surface area contributed by atoms with E-state index in [1.165, 1.54) is 7.11 Å². The Morgan fingerprint density at radius 3 is 2.88 bits per heavy atom. The molecule has 0 radical (unpaired) electrons. The number of carbonyl (C=O) groups is 1. The largest absolute Gasteiger partial charge is 0.493 e. The van der Waals surface area contributed by atoms with E-state index in [4.69, 9.17) is 13.9 Å². The lowest BCUT2D eigenvalue weighted by molar-refractivity contribution is 0.0232. The van der Waals surface area contributed by atoms with Crippen molar-refractivity contribution in [2.75, 3.05) is 13.7 Å². The first kappa shape index (κ1) is 16.0. The number of carbonyl (C=O) groups excluding carboxylic acids is 1. The number of furan rings is 1. The molecule has 4 rings (SSSR count). The SMILES string of the molecule is COc1ccc(C(=O)NC(c2ccc3c(c2)CCO3)C2CC(O)C2)o1. The van der Waals surface area contributed by atoms with Crippen LogP contribution >= 0.6 is 0 Å². The van der Waals surface area contributed by atoms with E-state index in [9.17, 15) is 9.90 Å². The highest BCUT2D eigenvalue weighted by atomic mass is 16.6. The van der Waals surface area contributed by atoms with Crippen molar-refractivity contribution in [1.29, 1.82) is 0 Å². The zero-order chi connectivity index (χ0) is 17.4. The van der Waals surface area contributed by atoms with Crippen LogP contribution in [-0.4, -0.2) is 30.8 Å². The van der Waals surface area contributed by atoms with Gasteiger partial charge in [0.1, 0.15) is 5.75 Å². The third-order valence-electron chi connectivity index (χ3n) is 4.99. The van der Waals surface area contributed by atoms with Crippen LogP contribution in [0.5, 0.6) is 11.7 Å². The van der Waals surface area contributed by atoms with Gasteiger partial charge < -0.3 is 24.3 Å². The first-order chi connectivity index (χ1) is 12.1. The lowest BCUT2D eigenvalue weighted by Gasteiger charge is -2.38. The summed E-state index contributed by atoms with van der Waals surface area (Å²) in [5.41, 5.74) is 2.20. The fourth-order valence-electron chi connectivity index (χ4n) is 3.54. The molecule has 1 fully saturated rings. The minimum absolute atomic E-state index is 0.169. The van der Waals surface area contributed by atoms with E-state index in [2.05, 4.69) is 11.4 Å². The number of aliphatic hydroxyl groups excluding tert-OH is 1. The molecule has 25 heavy (non-hydrogen) atoms. The Balaban J connectivity index is 1.57. The number of amides is 1. The van der Waals surface area contributed by atoms with Crippen LogP contribution in [0.25, 0.3) is 0 Å². The van der Waals surface area contributed by atoms with Gasteiger partial charge in [0.05, 0.1) is 25.9 Å². The third-order valence-corrected chi connectivity index (χ3v) is 4.99. The predicted octanol–water partition coefficient (Wildman–Crippen LogP) is 2.47. The summed E-state index contributed by atoms with van der Waals surface area (Å²) in [6, 6.07) is 9.09. The van der Waals surface area contributed by atoms with E-state index in [0.29, 0.717) is 25.4 Å². The molecule has 1 atom stereocenters. The zero-order valence-corrected chi connectivity index (χ0v) is 14.0. The summed E-state index contributed by atoms with van der Waals surface area (Å²) in [7, 11) is 1.49. The maximum atomic E-state index is 12.6. The van der Waals surface area contributed by atoms with Crippen molar-refractivity contribution in [3.8, 4) is 11.7 Å². The number of benzene rings is 1. The first-order valence-corrected chi connectivity index (χ1v) is 8.52. The van der Waals surface area contributed by atoms with Crippen LogP contribution in [0, 0.1) is 5.92 Å². The van der Waals surface area contributed by atoms with E-state index in [1.54, 1.807) is 12.1 Å². The van der Waals surface area contributed by atoms with Gasteiger partial charge in [0.25, 0.3) is 11.9 Å². The van der Waals surface area contributed by atoms with E-state index in [0.717, 1.165) is 23.3 Å². The van der Waals surface area contributed by atoms with Crippen molar-refractivity contribution in [3.05, 3.63) is 47.2 Å². The molecule has 1 aromatic carbocycles. The monoisotopic (exact) mass is 343 g/mol. The number of methoxy groups -OCH3 is 1. The van der Waals surface area contributed by atoms with Crippen molar-refractivity contribution in [2.45, 2.75) is 31.4 Å². The molecule has 0 bridgehead atoms. The minimum atomic E-state index is -0.286. The molecule has 1 aliphatic heterocycles. The molecular formula is C19H21NO5. The highest BCUT2D eigenvalue weighted by Gasteiger charge is 2.36. The molecule has 2 aromatic rings. The van der Waals surface area contributed by atoms with E-state index >= 15 is 0 Å². The average Bonchev–Trinajstić information content (AvgIpc) is 3.25. The molecule has 1 aromatic heterocycles. The van der Waals surface area contributed by atoms with Crippen LogP contribution in [0.15, 0.2) is 34.7 Å². The van der Waals surface area contributed by atoms with Crippen LogP contribution in [0.4, 0.5) is 0 Å². The van der Waals surface area contributed by atoms with Crippen molar-refractivity contribution in [1.82, 2.24) is 5.32 Å². The summed E-state index contributed by atoms with van der Waals surface area (Å²) in [5, 5.41) is 12.7. The van der Waals surface area contributed by atoms with Gasteiger partial charge in [0.2, 0.25) is 0 Å². The normalized spacial score (nSPS) is 22.5. The predicted molar refractivity (Wildman–Crippen MR) is 89.8 cm³/mol. The summed E-state index contributed by atoms with van der Waals surface area (Å²) in [5.74, 6) is 1.35. The second-order valence-corrected chi connectivity index (χ2v) is 6.62. The Morgan fingerprint density at radius 2 is 2.16 bits per heavy atom. The highest BCUT2D eigenvalue weighted by molar-refractivity contribution is 5.91. The van der Waals surface area contributed by atoms with E-state index in [-0.39, 0.29) is 29.7 Å². The van der Waals surface area contributed by atoms with Crippen LogP contribution < -0.4 is 14.8 Å². The molecule has 1 saturated carbocycles. The van der Waals surface area contributed by atoms with Gasteiger partial charge in [0, 0.05) is 12.5 Å². The number of hydrogen-bond donors (Lipinski definition) is 2. The Morgan fingerprint density at radius 1 is 1.32 bits per heavy atom. The standard InChI is InChI=1S/C19H21NO5/c1-23-17-5-4-16(25-17)19(22)20-18(13-9-14(21)10-13)12-2-3-15-11(8-12)6-7-24-15/h2-5,8,13-14,18,21H,6-7,9-10H2,1H3,(H,20,22). The van der Waals surface area contributed by atoms with Crippen molar-refractivity contribution >= 4 is 5.91 Å². The van der Waals surface area contributed by atoms with Gasteiger partial charge in [-0.2, -0.15) is 0 Å². The molecule has 0 spiro atoms. The van der Waals surface area contributed by atoms with Gasteiger partial charge in [-0.05, 0) is 48.1 Å². The number of ether oxygens (including phenoxy) is 2. The van der Waals surface area contributed by atoms with Gasteiger partial charge in [0.15, 0.2) is 5.76 Å². The summed E-state index contributed by atoms with van der Waals surface area (Å²) >= 11 is 0. The lowest BCUT2D eigenvalue weighted by Crippen LogP contribution is -2.41. The molecular weight excluding hydrogens is 322 g/mol. The van der Waals surface area contributed by atoms with Crippen molar-refractivity contribution in [3.63, 3.8) is 0 Å². The molecule has 1 unspecified atom stereocenters. The van der Waals surface area contributed by atoms with Crippen molar-refractivity contribution < 1.29 is 23.8 Å². The topological polar surface area (TPSA) is 80.9 Å². The third kappa shape index (κ3) is 3.09. The smallest absolute Gasteiger partial charge is 0.287 e. The first-order valence-electron chi connectivity index (χ1n) is 8.52. The maximum Gasteiger partial charge on any atom is 0.287 e. The number of nitrogens with one attached hydrogen (secondary N) is 1. The molecule has 0 saturated heterocycles. The average molecular weight is 343 g/mol. The van der Waals surface area contributed by atoms with Crippen LogP contribution in [-0.2, 0) is 6.42 Å². The Bertz CT molecular complexity index is 778. The summed E-state index contributed by atoms with van der Waals surface area (Å²) in [6.45, 7) is 0.699. The summed E-state index contributed by atoms with van der Waals surface area (Å²) < 4.78 is 15.9. The molecule has 2 aliphatic rings. The molecule has 2 heterocycles. The molecule has 2 N–H and O–H groups in total. The van der Waals surface area contributed by atoms with Crippen molar-refractivity contribution in [2.24, 2.45) is 5.92 Å². The number of aliphatic hydroxyl groups is 1. The fourth-order valence-corrected chi connectivity index (χ4v) is 3.54. The second kappa shape index (κ2) is 6.44. The van der Waals surface area contributed by atoms with E-state index < -0.39 is 0 Å². The molecule has 6 heteroatoms. The number of rotatable bonds is 5. The lowest BCUT2D eigenvalue weighted by atomic mass is 9.75. The van der Waals surface area contributed by atoms with Gasteiger partial charge in [-0.3, -0.25) is 4.79 Å². The Labute approximate surface area is 145 Å². The Kier molecular flexibility index (Phi) is 4.13.